The number of rotatable bonds is 10. The number of carbonyl (C=O) groups excluding carboxylic acids is 2. The van der Waals surface area contributed by atoms with Gasteiger partial charge in [-0.15, -0.1) is 0 Å². The lowest BCUT2D eigenvalue weighted by Gasteiger charge is -2.14. The maximum Gasteiger partial charge on any atom is 0.343 e. The van der Waals surface area contributed by atoms with Crippen LogP contribution in [0.15, 0.2) is 35.4 Å². The first-order valence-electron chi connectivity index (χ1n) is 9.14. The normalized spacial score (nSPS) is 10.5. The molecule has 10 heteroatoms. The van der Waals surface area contributed by atoms with Crippen LogP contribution in [0.1, 0.15) is 22.8 Å². The predicted molar refractivity (Wildman–Crippen MR) is 122 cm³/mol. The number of nitrogens with zero attached hydrogens (tertiary/aromatic N) is 1. The first-order valence-corrected chi connectivity index (χ1v) is 10.2. The van der Waals surface area contributed by atoms with Crippen molar-refractivity contribution in [2.24, 2.45) is 5.10 Å². The van der Waals surface area contributed by atoms with Gasteiger partial charge in [-0.3, -0.25) is 4.79 Å². The molecule has 0 aromatic heterocycles. The molecule has 0 bridgehead atoms. The van der Waals surface area contributed by atoms with Gasteiger partial charge in [-0.05, 0) is 59.3 Å². The van der Waals surface area contributed by atoms with Crippen molar-refractivity contribution in [2.45, 2.75) is 6.92 Å². The van der Waals surface area contributed by atoms with Crippen LogP contribution in [0.25, 0.3) is 0 Å². The molecule has 0 atom stereocenters. The fourth-order valence-corrected chi connectivity index (χ4v) is 3.21. The van der Waals surface area contributed by atoms with Gasteiger partial charge in [0, 0.05) is 11.6 Å². The molecule has 0 saturated heterocycles. The Balaban J connectivity index is 2.16. The molecule has 0 aliphatic heterocycles. The summed E-state index contributed by atoms with van der Waals surface area (Å²) in [6.45, 7) is 2.00. The topological polar surface area (TPSA) is 105 Å². The van der Waals surface area contributed by atoms with Crippen LogP contribution < -0.4 is 24.4 Å². The lowest BCUT2D eigenvalue weighted by atomic mass is 10.2. The van der Waals surface area contributed by atoms with Gasteiger partial charge in [-0.2, -0.15) is 5.10 Å². The van der Waals surface area contributed by atoms with E-state index in [-0.39, 0.29) is 6.61 Å². The molecule has 9 nitrogen and oxygen atoms in total. The van der Waals surface area contributed by atoms with Crippen LogP contribution in [0.3, 0.4) is 0 Å². The molecule has 0 spiro atoms. The van der Waals surface area contributed by atoms with Crippen molar-refractivity contribution in [3.8, 4) is 23.0 Å². The summed E-state index contributed by atoms with van der Waals surface area (Å²) in [4.78, 5) is 23.8. The summed E-state index contributed by atoms with van der Waals surface area (Å²) in [7, 11) is 4.30. The number of methoxy groups -OCH3 is 3. The van der Waals surface area contributed by atoms with Crippen molar-refractivity contribution >= 4 is 40.7 Å². The van der Waals surface area contributed by atoms with Crippen molar-refractivity contribution in [1.29, 1.82) is 0 Å². The van der Waals surface area contributed by atoms with E-state index in [1.165, 1.54) is 27.5 Å². The highest BCUT2D eigenvalue weighted by Gasteiger charge is 2.14. The molecule has 1 N–H and O–H groups in total. The Morgan fingerprint density at radius 3 is 2.29 bits per heavy atom. The van der Waals surface area contributed by atoms with Crippen molar-refractivity contribution in [2.75, 3.05) is 34.5 Å². The van der Waals surface area contributed by atoms with E-state index in [9.17, 15) is 9.59 Å². The van der Waals surface area contributed by atoms with Gasteiger partial charge in [-0.25, -0.2) is 10.2 Å². The van der Waals surface area contributed by atoms with Gasteiger partial charge in [0.25, 0.3) is 5.91 Å². The van der Waals surface area contributed by atoms with Crippen molar-refractivity contribution < 1.29 is 33.3 Å². The number of halogens is 1. The minimum atomic E-state index is -0.499. The maximum absolute atomic E-state index is 12.4. The SMILES string of the molecule is CCOc1cc(/C=N\NC(=O)c2cc(OC)cc(OC)c2)cc(I)c1OCC(=O)OC. The van der Waals surface area contributed by atoms with Crippen molar-refractivity contribution in [3.05, 3.63) is 45.0 Å². The molecule has 0 radical (unpaired) electrons. The molecule has 0 unspecified atom stereocenters. The number of carbonyl (C=O) groups is 2. The van der Waals surface area contributed by atoms with Gasteiger partial charge in [-0.1, -0.05) is 0 Å². The van der Waals surface area contributed by atoms with E-state index < -0.39 is 11.9 Å². The third-order valence-electron chi connectivity index (χ3n) is 3.89. The zero-order chi connectivity index (χ0) is 22.8. The molecule has 0 saturated carbocycles. The Kier molecular flexibility index (Phi) is 9.38. The van der Waals surface area contributed by atoms with Gasteiger partial charge in [0.15, 0.2) is 18.1 Å². The molecular formula is C21H23IN2O7. The Labute approximate surface area is 193 Å². The molecule has 166 valence electrons. The fraction of sp³-hybridized carbons (Fsp3) is 0.286. The fourth-order valence-electron chi connectivity index (χ4n) is 2.42. The number of ether oxygens (including phenoxy) is 5. The van der Waals surface area contributed by atoms with Crippen LogP contribution in [0, 0.1) is 3.57 Å². The lowest BCUT2D eigenvalue weighted by molar-refractivity contribution is -0.142. The van der Waals surface area contributed by atoms with Gasteiger partial charge in [0.05, 0.1) is 37.7 Å². The second-order valence-electron chi connectivity index (χ2n) is 5.93. The highest BCUT2D eigenvalue weighted by atomic mass is 127. The predicted octanol–water partition coefficient (Wildman–Crippen LogP) is 3.02. The van der Waals surface area contributed by atoms with E-state index in [4.69, 9.17) is 18.9 Å². The Hall–Kier alpha value is -3.02. The van der Waals surface area contributed by atoms with E-state index in [1.54, 1.807) is 30.3 Å². The molecule has 0 aliphatic rings. The average molecular weight is 542 g/mol. The summed E-state index contributed by atoms with van der Waals surface area (Å²) in [6.07, 6.45) is 1.48. The lowest BCUT2D eigenvalue weighted by Crippen LogP contribution is -2.17. The number of benzene rings is 2. The van der Waals surface area contributed by atoms with Crippen molar-refractivity contribution in [3.63, 3.8) is 0 Å². The van der Waals surface area contributed by atoms with E-state index in [2.05, 4.69) is 37.9 Å². The summed E-state index contributed by atoms with van der Waals surface area (Å²) in [5, 5.41) is 4.01. The van der Waals surface area contributed by atoms with Crippen LogP contribution in [0.2, 0.25) is 0 Å². The first-order chi connectivity index (χ1) is 14.9. The van der Waals surface area contributed by atoms with E-state index >= 15 is 0 Å². The minimum Gasteiger partial charge on any atom is -0.497 e. The van der Waals surface area contributed by atoms with Crippen molar-refractivity contribution in [1.82, 2.24) is 5.43 Å². The van der Waals surface area contributed by atoms with E-state index in [0.717, 1.165) is 0 Å². The van der Waals surface area contributed by atoms with E-state index in [0.29, 0.717) is 44.3 Å². The molecular weight excluding hydrogens is 519 g/mol. The Morgan fingerprint density at radius 2 is 1.71 bits per heavy atom. The van der Waals surface area contributed by atoms with Gasteiger partial charge in [0.1, 0.15) is 11.5 Å². The van der Waals surface area contributed by atoms with Crippen LogP contribution in [-0.4, -0.2) is 52.6 Å². The largest absolute Gasteiger partial charge is 0.497 e. The zero-order valence-electron chi connectivity index (χ0n) is 17.6. The molecule has 31 heavy (non-hydrogen) atoms. The van der Waals surface area contributed by atoms with Crippen LogP contribution in [-0.2, 0) is 9.53 Å². The number of amides is 1. The first kappa shape index (κ1) is 24.3. The average Bonchev–Trinajstić information content (AvgIpc) is 2.77. The monoisotopic (exact) mass is 542 g/mol. The molecule has 0 fully saturated rings. The van der Waals surface area contributed by atoms with Gasteiger partial charge < -0.3 is 23.7 Å². The summed E-state index contributed by atoms with van der Waals surface area (Å²) < 4.78 is 26.8. The number of hydrogen-bond donors (Lipinski definition) is 1. The van der Waals surface area contributed by atoms with Gasteiger partial charge >= 0.3 is 5.97 Å². The summed E-state index contributed by atoms with van der Waals surface area (Å²) in [6, 6.07) is 8.30. The summed E-state index contributed by atoms with van der Waals surface area (Å²) >= 11 is 2.07. The van der Waals surface area contributed by atoms with E-state index in [1.807, 2.05) is 6.92 Å². The number of esters is 1. The second kappa shape index (κ2) is 12.0. The Bertz CT molecular complexity index is 941. The number of hydrogen-bond acceptors (Lipinski definition) is 8. The maximum atomic E-state index is 12.4. The standard InChI is InChI=1S/C21H23IN2O7/c1-5-30-18-7-13(6-17(22)20(18)31-12-19(25)29-4)11-23-24-21(26)14-8-15(27-2)10-16(9-14)28-3/h6-11H,5,12H2,1-4H3,(H,24,26)/b23-11-. The third kappa shape index (κ3) is 7.02. The number of hydrazone groups is 1. The smallest absolute Gasteiger partial charge is 0.343 e. The Morgan fingerprint density at radius 1 is 1.03 bits per heavy atom. The molecule has 2 aromatic rings. The molecule has 2 rings (SSSR count). The van der Waals surface area contributed by atoms with Crippen LogP contribution >= 0.6 is 22.6 Å². The second-order valence-corrected chi connectivity index (χ2v) is 7.09. The molecule has 0 heterocycles. The minimum absolute atomic E-state index is 0.236. The summed E-state index contributed by atoms with van der Waals surface area (Å²) in [5.41, 5.74) is 3.47. The highest BCUT2D eigenvalue weighted by Crippen LogP contribution is 2.34. The van der Waals surface area contributed by atoms with Crippen LogP contribution in [0.5, 0.6) is 23.0 Å². The third-order valence-corrected chi connectivity index (χ3v) is 4.69. The van der Waals surface area contributed by atoms with Gasteiger partial charge in [0.2, 0.25) is 0 Å². The molecule has 0 aliphatic carbocycles. The zero-order valence-corrected chi connectivity index (χ0v) is 19.7. The quantitative estimate of drug-likeness (QED) is 0.213. The summed E-state index contributed by atoms with van der Waals surface area (Å²) in [5.74, 6) is 0.937. The molecule has 1 amide bonds. The highest BCUT2D eigenvalue weighted by molar-refractivity contribution is 14.1. The van der Waals surface area contributed by atoms with Crippen LogP contribution in [0.4, 0.5) is 0 Å². The molecule has 2 aromatic carbocycles. The number of nitrogens with one attached hydrogen (secondary N) is 1.